The van der Waals surface area contributed by atoms with Crippen LogP contribution in [0.15, 0.2) is 27.2 Å². The molecule has 3 rings (SSSR count). The van der Waals surface area contributed by atoms with Crippen LogP contribution in [0.1, 0.15) is 12.8 Å². The van der Waals surface area contributed by atoms with Crippen molar-refractivity contribution in [3.05, 3.63) is 17.5 Å². The van der Waals surface area contributed by atoms with Crippen molar-refractivity contribution in [3.63, 3.8) is 0 Å². The van der Waals surface area contributed by atoms with Crippen LogP contribution in [0, 0.1) is 5.92 Å². The molecule has 100 valence electrons. The summed E-state index contributed by atoms with van der Waals surface area (Å²) in [6.07, 6.45) is 2.47. The van der Waals surface area contributed by atoms with E-state index in [9.17, 15) is 4.79 Å². The normalized spacial score (nSPS) is 14.5. The Balaban J connectivity index is 1.48. The highest BCUT2D eigenvalue weighted by atomic mass is 32.2. The minimum Gasteiger partial charge on any atom is -0.410 e. The molecule has 0 saturated heterocycles. The summed E-state index contributed by atoms with van der Waals surface area (Å²) in [7, 11) is 0. The predicted molar refractivity (Wildman–Crippen MR) is 74.1 cm³/mol. The maximum Gasteiger partial charge on any atom is 0.277 e. The van der Waals surface area contributed by atoms with Crippen molar-refractivity contribution in [2.24, 2.45) is 5.92 Å². The molecule has 1 saturated carbocycles. The molecule has 1 fully saturated rings. The maximum atomic E-state index is 11.6. The van der Waals surface area contributed by atoms with Gasteiger partial charge in [0.15, 0.2) is 0 Å². The van der Waals surface area contributed by atoms with Crippen molar-refractivity contribution in [3.8, 4) is 10.8 Å². The topological polar surface area (TPSA) is 68.0 Å². The molecule has 1 aliphatic rings. The number of carbonyl (C=O) groups is 1. The van der Waals surface area contributed by atoms with Crippen LogP contribution < -0.4 is 5.32 Å². The van der Waals surface area contributed by atoms with Crippen LogP contribution in [0.5, 0.6) is 0 Å². The zero-order chi connectivity index (χ0) is 13.1. The van der Waals surface area contributed by atoms with Gasteiger partial charge in [0.05, 0.1) is 10.6 Å². The van der Waals surface area contributed by atoms with Crippen LogP contribution >= 0.6 is 23.1 Å². The van der Waals surface area contributed by atoms with Crippen LogP contribution in [-0.4, -0.2) is 28.4 Å². The Morgan fingerprint density at radius 1 is 1.53 bits per heavy atom. The molecule has 0 unspecified atom stereocenters. The van der Waals surface area contributed by atoms with Crippen molar-refractivity contribution >= 4 is 29.0 Å². The van der Waals surface area contributed by atoms with Crippen LogP contribution in [0.3, 0.4) is 0 Å². The van der Waals surface area contributed by atoms with Crippen molar-refractivity contribution in [2.75, 3.05) is 12.3 Å². The Bertz CT molecular complexity index is 549. The van der Waals surface area contributed by atoms with E-state index >= 15 is 0 Å². The highest BCUT2D eigenvalue weighted by molar-refractivity contribution is 7.99. The number of carbonyl (C=O) groups excluding carboxylic acids is 1. The second kappa shape index (κ2) is 5.75. The fraction of sp³-hybridized carbons (Fsp3) is 0.417. The standard InChI is InChI=1S/C12H13N3O2S2/c16-10(13-6-8-3-4-8)7-19-12-15-14-11(17-12)9-2-1-5-18-9/h1-2,5,8H,3-4,6-7H2,(H,13,16). The second-order valence-corrected chi connectivity index (χ2v) is 6.26. The number of nitrogens with zero attached hydrogens (tertiary/aromatic N) is 2. The quantitative estimate of drug-likeness (QED) is 0.829. The van der Waals surface area contributed by atoms with Gasteiger partial charge in [0, 0.05) is 6.54 Å². The second-order valence-electron chi connectivity index (χ2n) is 4.39. The van der Waals surface area contributed by atoms with E-state index in [0.29, 0.717) is 22.8 Å². The first-order valence-electron chi connectivity index (χ1n) is 6.08. The van der Waals surface area contributed by atoms with E-state index in [4.69, 9.17) is 4.42 Å². The third-order valence-corrected chi connectivity index (χ3v) is 4.43. The third kappa shape index (κ3) is 3.57. The summed E-state index contributed by atoms with van der Waals surface area (Å²) >= 11 is 2.82. The molecule has 0 aromatic carbocycles. The first-order chi connectivity index (χ1) is 9.31. The molecule has 0 spiro atoms. The summed E-state index contributed by atoms with van der Waals surface area (Å²) in [6, 6.07) is 3.86. The van der Waals surface area contributed by atoms with Gasteiger partial charge >= 0.3 is 0 Å². The Hall–Kier alpha value is -1.34. The van der Waals surface area contributed by atoms with E-state index in [-0.39, 0.29) is 5.91 Å². The monoisotopic (exact) mass is 295 g/mol. The number of hydrogen-bond donors (Lipinski definition) is 1. The first kappa shape index (κ1) is 12.7. The van der Waals surface area contributed by atoms with Crippen LogP contribution in [0.4, 0.5) is 0 Å². The number of thiophene rings is 1. The molecule has 1 N–H and O–H groups in total. The molecule has 1 aliphatic carbocycles. The van der Waals surface area contributed by atoms with Gasteiger partial charge in [-0.3, -0.25) is 4.79 Å². The molecular weight excluding hydrogens is 282 g/mol. The Morgan fingerprint density at radius 3 is 3.16 bits per heavy atom. The number of rotatable bonds is 6. The molecule has 2 aromatic rings. The van der Waals surface area contributed by atoms with Gasteiger partial charge in [-0.2, -0.15) is 0 Å². The highest BCUT2D eigenvalue weighted by Crippen LogP contribution is 2.28. The van der Waals surface area contributed by atoms with Gasteiger partial charge in [-0.25, -0.2) is 0 Å². The lowest BCUT2D eigenvalue weighted by molar-refractivity contribution is -0.118. The van der Waals surface area contributed by atoms with Gasteiger partial charge in [-0.05, 0) is 30.2 Å². The molecule has 0 radical (unpaired) electrons. The van der Waals surface area contributed by atoms with E-state index in [0.717, 1.165) is 11.4 Å². The third-order valence-electron chi connectivity index (χ3n) is 2.75. The van der Waals surface area contributed by atoms with E-state index in [1.54, 1.807) is 11.3 Å². The minimum atomic E-state index is 0.0211. The summed E-state index contributed by atoms with van der Waals surface area (Å²) in [5, 5.41) is 13.2. The molecule has 7 heteroatoms. The summed E-state index contributed by atoms with van der Waals surface area (Å²) in [4.78, 5) is 12.5. The molecule has 0 aliphatic heterocycles. The summed E-state index contributed by atoms with van der Waals surface area (Å²) in [6.45, 7) is 0.795. The van der Waals surface area contributed by atoms with Gasteiger partial charge in [0.1, 0.15) is 0 Å². The van der Waals surface area contributed by atoms with Crippen molar-refractivity contribution in [2.45, 2.75) is 18.1 Å². The highest BCUT2D eigenvalue weighted by Gasteiger charge is 2.21. The number of amides is 1. The average Bonchev–Trinajstić information content (AvgIpc) is 2.92. The van der Waals surface area contributed by atoms with Gasteiger partial charge in [-0.15, -0.1) is 21.5 Å². The lowest BCUT2D eigenvalue weighted by atomic mass is 10.4. The maximum absolute atomic E-state index is 11.6. The molecule has 1 amide bonds. The average molecular weight is 295 g/mol. The Labute approximate surface area is 118 Å². The van der Waals surface area contributed by atoms with E-state index in [1.165, 1.54) is 24.6 Å². The summed E-state index contributed by atoms with van der Waals surface area (Å²) in [5.74, 6) is 1.55. The lowest BCUT2D eigenvalue weighted by Crippen LogP contribution is -2.27. The fourth-order valence-electron chi connectivity index (χ4n) is 1.53. The smallest absolute Gasteiger partial charge is 0.277 e. The fourth-order valence-corrected chi connectivity index (χ4v) is 2.76. The van der Waals surface area contributed by atoms with Gasteiger partial charge in [0.2, 0.25) is 5.91 Å². The lowest BCUT2D eigenvalue weighted by Gasteiger charge is -2.01. The Morgan fingerprint density at radius 2 is 2.42 bits per heavy atom. The predicted octanol–water partition coefficient (Wildman–Crippen LogP) is 2.42. The molecule has 0 bridgehead atoms. The van der Waals surface area contributed by atoms with Crippen LogP contribution in [0.2, 0.25) is 0 Å². The first-order valence-corrected chi connectivity index (χ1v) is 7.94. The van der Waals surface area contributed by atoms with Gasteiger partial charge < -0.3 is 9.73 Å². The van der Waals surface area contributed by atoms with Crippen LogP contribution in [-0.2, 0) is 4.79 Å². The Kier molecular flexibility index (Phi) is 3.84. The molecule has 2 heterocycles. The zero-order valence-corrected chi connectivity index (χ0v) is 11.8. The van der Waals surface area contributed by atoms with E-state index in [1.807, 2.05) is 17.5 Å². The van der Waals surface area contributed by atoms with Crippen molar-refractivity contribution < 1.29 is 9.21 Å². The minimum absolute atomic E-state index is 0.0211. The molecular formula is C12H13N3O2S2. The molecule has 2 aromatic heterocycles. The SMILES string of the molecule is O=C(CSc1nnc(-c2cccs2)o1)NCC1CC1. The van der Waals surface area contributed by atoms with Gasteiger partial charge in [0.25, 0.3) is 11.1 Å². The van der Waals surface area contributed by atoms with Crippen LogP contribution in [0.25, 0.3) is 10.8 Å². The number of aromatic nitrogens is 2. The summed E-state index contributed by atoms with van der Waals surface area (Å²) < 4.78 is 5.49. The number of thioether (sulfide) groups is 1. The largest absolute Gasteiger partial charge is 0.410 e. The van der Waals surface area contributed by atoms with Crippen molar-refractivity contribution in [1.82, 2.24) is 15.5 Å². The zero-order valence-electron chi connectivity index (χ0n) is 10.2. The number of nitrogens with one attached hydrogen (secondary N) is 1. The van der Waals surface area contributed by atoms with Gasteiger partial charge in [-0.1, -0.05) is 17.8 Å². The summed E-state index contributed by atoms with van der Waals surface area (Å²) in [5.41, 5.74) is 0. The van der Waals surface area contributed by atoms with Crippen molar-refractivity contribution in [1.29, 1.82) is 0 Å². The molecule has 0 atom stereocenters. The van der Waals surface area contributed by atoms with E-state index in [2.05, 4.69) is 15.5 Å². The van der Waals surface area contributed by atoms with E-state index < -0.39 is 0 Å². The molecule has 5 nitrogen and oxygen atoms in total. The molecule has 19 heavy (non-hydrogen) atoms. The number of hydrogen-bond acceptors (Lipinski definition) is 6.